The lowest BCUT2D eigenvalue weighted by Crippen LogP contribution is -1.88. The molecule has 14 heavy (non-hydrogen) atoms. The Morgan fingerprint density at radius 1 is 1.43 bits per heavy atom. The van der Waals surface area contributed by atoms with Crippen molar-refractivity contribution in [3.05, 3.63) is 23.7 Å². The molecule has 1 saturated heterocycles. The van der Waals surface area contributed by atoms with Gasteiger partial charge in [0.1, 0.15) is 11.5 Å². The van der Waals surface area contributed by atoms with Gasteiger partial charge in [-0.1, -0.05) is 6.92 Å². The van der Waals surface area contributed by atoms with Crippen molar-refractivity contribution in [1.29, 1.82) is 0 Å². The number of rotatable bonds is 6. The molecule has 1 aliphatic heterocycles. The monoisotopic (exact) mass is 212 g/mol. The summed E-state index contributed by atoms with van der Waals surface area (Å²) >= 11 is 1.92. The Bertz CT molecular complexity index is 279. The van der Waals surface area contributed by atoms with Crippen LogP contribution in [-0.2, 0) is 16.9 Å². The summed E-state index contributed by atoms with van der Waals surface area (Å²) in [6, 6.07) is 4.15. The van der Waals surface area contributed by atoms with Gasteiger partial charge < -0.3 is 9.15 Å². The summed E-state index contributed by atoms with van der Waals surface area (Å²) in [5.74, 6) is 4.36. The van der Waals surface area contributed by atoms with Crippen molar-refractivity contribution < 1.29 is 9.15 Å². The Morgan fingerprint density at radius 2 is 2.21 bits per heavy atom. The molecule has 0 saturated carbocycles. The van der Waals surface area contributed by atoms with Crippen molar-refractivity contribution >= 4 is 11.8 Å². The van der Waals surface area contributed by atoms with Gasteiger partial charge >= 0.3 is 0 Å². The Balaban J connectivity index is 1.63. The van der Waals surface area contributed by atoms with Crippen molar-refractivity contribution in [3.8, 4) is 0 Å². The molecule has 0 radical (unpaired) electrons. The van der Waals surface area contributed by atoms with Crippen LogP contribution in [0, 0.1) is 0 Å². The van der Waals surface area contributed by atoms with Gasteiger partial charge in [0.15, 0.2) is 0 Å². The van der Waals surface area contributed by atoms with E-state index in [2.05, 4.69) is 19.1 Å². The molecule has 0 spiro atoms. The van der Waals surface area contributed by atoms with Gasteiger partial charge in [0.2, 0.25) is 0 Å². The lowest BCUT2D eigenvalue weighted by Gasteiger charge is -1.96. The third kappa shape index (κ3) is 3.07. The van der Waals surface area contributed by atoms with Gasteiger partial charge in [0.25, 0.3) is 0 Å². The molecule has 0 N–H and O–H groups in total. The third-order valence-corrected chi connectivity index (χ3v) is 3.31. The second-order valence-electron chi connectivity index (χ2n) is 3.52. The fourth-order valence-corrected chi connectivity index (χ4v) is 2.24. The van der Waals surface area contributed by atoms with Crippen LogP contribution in [0.2, 0.25) is 0 Å². The minimum absolute atomic E-state index is 0.560. The van der Waals surface area contributed by atoms with Crippen molar-refractivity contribution in [2.75, 3.05) is 12.4 Å². The number of epoxide rings is 1. The standard InChI is InChI=1S/C11H16O2S/c1-2-9-3-4-11(13-9)8-14-6-5-10-7-12-10/h3-4,10H,2,5-8H2,1H3. The minimum atomic E-state index is 0.560. The maximum Gasteiger partial charge on any atom is 0.114 e. The Labute approximate surface area is 89.0 Å². The van der Waals surface area contributed by atoms with Crippen LogP contribution in [-0.4, -0.2) is 18.5 Å². The summed E-state index contributed by atoms with van der Waals surface area (Å²) in [7, 11) is 0. The Kier molecular flexibility index (Phi) is 3.54. The number of thioether (sulfide) groups is 1. The molecule has 0 aliphatic carbocycles. The largest absolute Gasteiger partial charge is 0.465 e. The molecule has 0 bridgehead atoms. The van der Waals surface area contributed by atoms with Crippen LogP contribution in [0.15, 0.2) is 16.5 Å². The van der Waals surface area contributed by atoms with E-state index in [1.54, 1.807) is 0 Å². The van der Waals surface area contributed by atoms with E-state index in [0.29, 0.717) is 6.10 Å². The van der Waals surface area contributed by atoms with Crippen LogP contribution >= 0.6 is 11.8 Å². The molecule has 1 aromatic heterocycles. The van der Waals surface area contributed by atoms with Gasteiger partial charge in [-0.2, -0.15) is 11.8 Å². The van der Waals surface area contributed by atoms with Crippen LogP contribution in [0.3, 0.4) is 0 Å². The SMILES string of the molecule is CCc1ccc(CSCCC2CO2)o1. The molecule has 1 aliphatic rings. The molecule has 2 nitrogen and oxygen atoms in total. The Hall–Kier alpha value is -0.410. The smallest absolute Gasteiger partial charge is 0.114 e. The highest BCUT2D eigenvalue weighted by Crippen LogP contribution is 2.20. The average Bonchev–Trinajstić information content (AvgIpc) is 2.91. The molecule has 3 heteroatoms. The highest BCUT2D eigenvalue weighted by molar-refractivity contribution is 7.98. The van der Waals surface area contributed by atoms with Crippen LogP contribution in [0.5, 0.6) is 0 Å². The number of aryl methyl sites for hydroxylation is 1. The lowest BCUT2D eigenvalue weighted by molar-refractivity contribution is 0.404. The highest BCUT2D eigenvalue weighted by atomic mass is 32.2. The van der Waals surface area contributed by atoms with Crippen LogP contribution in [0.25, 0.3) is 0 Å². The highest BCUT2D eigenvalue weighted by Gasteiger charge is 2.21. The summed E-state index contributed by atoms with van der Waals surface area (Å²) < 4.78 is 10.7. The van der Waals surface area contributed by atoms with E-state index in [-0.39, 0.29) is 0 Å². The predicted octanol–water partition coefficient (Wildman–Crippen LogP) is 2.86. The molecule has 2 rings (SSSR count). The molecule has 1 atom stereocenters. The molecule has 1 unspecified atom stereocenters. The zero-order chi connectivity index (χ0) is 9.80. The van der Waals surface area contributed by atoms with E-state index in [4.69, 9.17) is 9.15 Å². The molecule has 0 amide bonds. The molecule has 1 aromatic rings. The fraction of sp³-hybridized carbons (Fsp3) is 0.636. The zero-order valence-corrected chi connectivity index (χ0v) is 9.31. The van der Waals surface area contributed by atoms with Crippen molar-refractivity contribution in [3.63, 3.8) is 0 Å². The number of hydrogen-bond acceptors (Lipinski definition) is 3. The summed E-state index contributed by atoms with van der Waals surface area (Å²) in [6.07, 6.45) is 2.73. The van der Waals surface area contributed by atoms with Gasteiger partial charge in [0.05, 0.1) is 18.5 Å². The number of ether oxygens (including phenoxy) is 1. The maximum absolute atomic E-state index is 5.60. The van der Waals surface area contributed by atoms with Crippen molar-refractivity contribution in [1.82, 2.24) is 0 Å². The average molecular weight is 212 g/mol. The topological polar surface area (TPSA) is 25.7 Å². The second kappa shape index (κ2) is 4.89. The van der Waals surface area contributed by atoms with Crippen molar-refractivity contribution in [2.45, 2.75) is 31.6 Å². The molecular formula is C11H16O2S. The summed E-state index contributed by atoms with van der Waals surface area (Å²) in [5.41, 5.74) is 0. The van der Waals surface area contributed by atoms with E-state index in [1.807, 2.05) is 11.8 Å². The van der Waals surface area contributed by atoms with Gasteiger partial charge in [0, 0.05) is 6.42 Å². The van der Waals surface area contributed by atoms with Gasteiger partial charge in [-0.25, -0.2) is 0 Å². The summed E-state index contributed by atoms with van der Waals surface area (Å²) in [6.45, 7) is 3.08. The lowest BCUT2D eigenvalue weighted by atomic mass is 10.4. The Morgan fingerprint density at radius 3 is 2.86 bits per heavy atom. The first-order chi connectivity index (χ1) is 6.88. The molecular weight excluding hydrogens is 196 g/mol. The predicted molar refractivity (Wildman–Crippen MR) is 58.6 cm³/mol. The van der Waals surface area contributed by atoms with Crippen LogP contribution in [0.1, 0.15) is 24.9 Å². The first-order valence-electron chi connectivity index (χ1n) is 5.15. The number of furan rings is 1. The van der Waals surface area contributed by atoms with E-state index in [1.165, 1.54) is 12.2 Å². The van der Waals surface area contributed by atoms with Crippen LogP contribution in [0.4, 0.5) is 0 Å². The maximum atomic E-state index is 5.60. The van der Waals surface area contributed by atoms with E-state index < -0.39 is 0 Å². The summed E-state index contributed by atoms with van der Waals surface area (Å²) in [4.78, 5) is 0. The normalized spacial score (nSPS) is 19.9. The van der Waals surface area contributed by atoms with E-state index in [9.17, 15) is 0 Å². The van der Waals surface area contributed by atoms with Crippen LogP contribution < -0.4 is 0 Å². The molecule has 78 valence electrons. The molecule has 0 aromatic carbocycles. The second-order valence-corrected chi connectivity index (χ2v) is 4.62. The van der Waals surface area contributed by atoms with Gasteiger partial charge in [-0.15, -0.1) is 0 Å². The third-order valence-electron chi connectivity index (χ3n) is 2.30. The quantitative estimate of drug-likeness (QED) is 0.535. The van der Waals surface area contributed by atoms with Crippen molar-refractivity contribution in [2.24, 2.45) is 0 Å². The van der Waals surface area contributed by atoms with Gasteiger partial charge in [-0.3, -0.25) is 0 Å². The molecule has 1 fully saturated rings. The minimum Gasteiger partial charge on any atom is -0.465 e. The molecule has 2 heterocycles. The summed E-state index contributed by atoms with van der Waals surface area (Å²) in [5, 5.41) is 0. The van der Waals surface area contributed by atoms with E-state index >= 15 is 0 Å². The first-order valence-corrected chi connectivity index (χ1v) is 6.31. The van der Waals surface area contributed by atoms with E-state index in [0.717, 1.165) is 30.3 Å². The fourth-order valence-electron chi connectivity index (χ4n) is 1.31. The zero-order valence-electron chi connectivity index (χ0n) is 8.49. The van der Waals surface area contributed by atoms with Gasteiger partial charge in [-0.05, 0) is 24.3 Å². The first kappa shape index (κ1) is 10.1. The number of hydrogen-bond donors (Lipinski definition) is 0.